The first-order valence-electron chi connectivity index (χ1n) is 5.95. The zero-order valence-corrected chi connectivity index (χ0v) is 10.6. The Hall–Kier alpha value is -2.36. The maximum absolute atomic E-state index is 13.6. The summed E-state index contributed by atoms with van der Waals surface area (Å²) in [7, 11) is 0. The molecule has 0 unspecified atom stereocenters. The molecular formula is C15H15FN2O. The molecular weight excluding hydrogens is 243 g/mol. The van der Waals surface area contributed by atoms with Crippen LogP contribution in [0, 0.1) is 12.7 Å². The molecule has 0 saturated heterocycles. The molecule has 0 aliphatic carbocycles. The first-order chi connectivity index (χ1) is 9.08. The zero-order valence-electron chi connectivity index (χ0n) is 10.6. The summed E-state index contributed by atoms with van der Waals surface area (Å²) in [5.74, 6) is -1.05. The smallest absolute Gasteiger partial charge is 0.254 e. The number of carbonyl (C=O) groups excluding carboxylic acids is 1. The Labute approximate surface area is 111 Å². The van der Waals surface area contributed by atoms with Crippen LogP contribution in [0.4, 0.5) is 10.1 Å². The number of hydrogen-bond donors (Lipinski definition) is 2. The van der Waals surface area contributed by atoms with Gasteiger partial charge in [-0.3, -0.25) is 4.79 Å². The molecule has 0 atom stereocenters. The summed E-state index contributed by atoms with van der Waals surface area (Å²) in [6.45, 7) is 2.33. The van der Waals surface area contributed by atoms with Gasteiger partial charge in [0.25, 0.3) is 5.91 Å². The summed E-state index contributed by atoms with van der Waals surface area (Å²) in [5, 5.41) is 2.70. The van der Waals surface area contributed by atoms with Crippen LogP contribution in [0.3, 0.4) is 0 Å². The summed E-state index contributed by atoms with van der Waals surface area (Å²) < 4.78 is 13.6. The van der Waals surface area contributed by atoms with Gasteiger partial charge in [0.15, 0.2) is 0 Å². The van der Waals surface area contributed by atoms with Crippen LogP contribution >= 0.6 is 0 Å². The van der Waals surface area contributed by atoms with Crippen molar-refractivity contribution in [2.45, 2.75) is 13.5 Å². The first kappa shape index (κ1) is 13.1. The molecule has 2 rings (SSSR count). The van der Waals surface area contributed by atoms with E-state index in [2.05, 4.69) is 5.32 Å². The van der Waals surface area contributed by atoms with Gasteiger partial charge in [-0.2, -0.15) is 0 Å². The van der Waals surface area contributed by atoms with Crippen molar-refractivity contribution >= 4 is 11.6 Å². The lowest BCUT2D eigenvalue weighted by Gasteiger charge is -2.08. The van der Waals surface area contributed by atoms with E-state index in [1.165, 1.54) is 12.1 Å². The predicted molar refractivity (Wildman–Crippen MR) is 73.2 cm³/mol. The van der Waals surface area contributed by atoms with Crippen molar-refractivity contribution in [2.24, 2.45) is 0 Å². The molecule has 0 fully saturated rings. The summed E-state index contributed by atoms with van der Waals surface area (Å²) in [6.07, 6.45) is 0. The highest BCUT2D eigenvalue weighted by Crippen LogP contribution is 2.12. The number of benzene rings is 2. The third-order valence-electron chi connectivity index (χ3n) is 2.94. The van der Waals surface area contributed by atoms with E-state index in [-0.39, 0.29) is 5.56 Å². The standard InChI is InChI=1S/C15H15FN2O/c1-10-4-2-3-5-11(10)9-18-15(19)13-7-6-12(17)8-14(13)16/h2-8H,9,17H2,1H3,(H,18,19). The molecule has 0 aliphatic rings. The monoisotopic (exact) mass is 258 g/mol. The molecule has 2 aromatic rings. The number of carbonyl (C=O) groups is 1. The second-order valence-electron chi connectivity index (χ2n) is 4.35. The molecule has 0 heterocycles. The zero-order chi connectivity index (χ0) is 13.8. The van der Waals surface area contributed by atoms with Crippen LogP contribution in [-0.4, -0.2) is 5.91 Å². The number of hydrogen-bond acceptors (Lipinski definition) is 2. The third kappa shape index (κ3) is 3.10. The Bertz CT molecular complexity index is 611. The quantitative estimate of drug-likeness (QED) is 0.831. The molecule has 0 radical (unpaired) electrons. The van der Waals surface area contributed by atoms with E-state index < -0.39 is 11.7 Å². The fraction of sp³-hybridized carbons (Fsp3) is 0.133. The normalized spacial score (nSPS) is 10.2. The fourth-order valence-electron chi connectivity index (χ4n) is 1.79. The molecule has 0 saturated carbocycles. The van der Waals surface area contributed by atoms with Gasteiger partial charge in [-0.25, -0.2) is 4.39 Å². The van der Waals surface area contributed by atoms with E-state index in [9.17, 15) is 9.18 Å². The SMILES string of the molecule is Cc1ccccc1CNC(=O)c1ccc(N)cc1F. The van der Waals surface area contributed by atoms with Crippen LogP contribution in [0.2, 0.25) is 0 Å². The van der Waals surface area contributed by atoms with Crippen molar-refractivity contribution in [3.05, 3.63) is 65.0 Å². The minimum absolute atomic E-state index is 0.00258. The molecule has 3 N–H and O–H groups in total. The van der Waals surface area contributed by atoms with Crippen LogP contribution < -0.4 is 11.1 Å². The van der Waals surface area contributed by atoms with Gasteiger partial charge < -0.3 is 11.1 Å². The molecule has 0 aliphatic heterocycles. The van der Waals surface area contributed by atoms with Gasteiger partial charge in [-0.05, 0) is 36.2 Å². The maximum Gasteiger partial charge on any atom is 0.254 e. The number of nitrogens with one attached hydrogen (secondary N) is 1. The summed E-state index contributed by atoms with van der Waals surface area (Å²) in [6, 6.07) is 11.8. The van der Waals surface area contributed by atoms with Crippen molar-refractivity contribution in [1.29, 1.82) is 0 Å². The van der Waals surface area contributed by atoms with Crippen molar-refractivity contribution in [3.8, 4) is 0 Å². The highest BCUT2D eigenvalue weighted by atomic mass is 19.1. The molecule has 0 bridgehead atoms. The van der Waals surface area contributed by atoms with Gasteiger partial charge in [-0.15, -0.1) is 0 Å². The molecule has 2 aromatic carbocycles. The van der Waals surface area contributed by atoms with Crippen molar-refractivity contribution < 1.29 is 9.18 Å². The van der Waals surface area contributed by atoms with E-state index in [1.54, 1.807) is 0 Å². The molecule has 19 heavy (non-hydrogen) atoms. The topological polar surface area (TPSA) is 55.1 Å². The maximum atomic E-state index is 13.6. The Balaban J connectivity index is 2.08. The highest BCUT2D eigenvalue weighted by Gasteiger charge is 2.11. The van der Waals surface area contributed by atoms with E-state index in [4.69, 9.17) is 5.73 Å². The number of nitrogens with two attached hydrogens (primary N) is 1. The number of amides is 1. The first-order valence-corrected chi connectivity index (χ1v) is 5.95. The van der Waals surface area contributed by atoms with Gasteiger partial charge in [0.2, 0.25) is 0 Å². The van der Waals surface area contributed by atoms with Gasteiger partial charge in [0, 0.05) is 12.2 Å². The van der Waals surface area contributed by atoms with Gasteiger partial charge in [0.05, 0.1) is 5.56 Å². The minimum atomic E-state index is -0.609. The Kier molecular flexibility index (Phi) is 3.80. The predicted octanol–water partition coefficient (Wildman–Crippen LogP) is 2.65. The minimum Gasteiger partial charge on any atom is -0.399 e. The summed E-state index contributed by atoms with van der Waals surface area (Å²) in [5.41, 5.74) is 7.83. The summed E-state index contributed by atoms with van der Waals surface area (Å²) in [4.78, 5) is 11.9. The number of halogens is 1. The van der Waals surface area contributed by atoms with Crippen LogP contribution in [0.5, 0.6) is 0 Å². The van der Waals surface area contributed by atoms with E-state index in [1.807, 2.05) is 31.2 Å². The largest absolute Gasteiger partial charge is 0.399 e. The fourth-order valence-corrected chi connectivity index (χ4v) is 1.79. The lowest BCUT2D eigenvalue weighted by Crippen LogP contribution is -2.24. The summed E-state index contributed by atoms with van der Waals surface area (Å²) >= 11 is 0. The number of nitrogen functional groups attached to an aromatic ring is 1. The molecule has 98 valence electrons. The average molecular weight is 258 g/mol. The lowest BCUT2D eigenvalue weighted by atomic mass is 10.1. The molecule has 0 spiro atoms. The van der Waals surface area contributed by atoms with E-state index in [0.29, 0.717) is 12.2 Å². The highest BCUT2D eigenvalue weighted by molar-refractivity contribution is 5.94. The van der Waals surface area contributed by atoms with Crippen molar-refractivity contribution in [3.63, 3.8) is 0 Å². The number of anilines is 1. The molecule has 3 nitrogen and oxygen atoms in total. The second kappa shape index (κ2) is 5.52. The number of rotatable bonds is 3. The van der Waals surface area contributed by atoms with Crippen LogP contribution in [0.1, 0.15) is 21.5 Å². The van der Waals surface area contributed by atoms with Crippen molar-refractivity contribution in [1.82, 2.24) is 5.32 Å². The lowest BCUT2D eigenvalue weighted by molar-refractivity contribution is 0.0947. The molecule has 0 aromatic heterocycles. The van der Waals surface area contributed by atoms with Crippen molar-refractivity contribution in [2.75, 3.05) is 5.73 Å². The Morgan fingerprint density at radius 2 is 2.00 bits per heavy atom. The van der Waals surface area contributed by atoms with E-state index in [0.717, 1.165) is 17.2 Å². The second-order valence-corrected chi connectivity index (χ2v) is 4.35. The van der Waals surface area contributed by atoms with Crippen LogP contribution in [0.15, 0.2) is 42.5 Å². The number of aryl methyl sites for hydroxylation is 1. The van der Waals surface area contributed by atoms with Gasteiger partial charge in [0.1, 0.15) is 5.82 Å². The van der Waals surface area contributed by atoms with Crippen LogP contribution in [0.25, 0.3) is 0 Å². The molecule has 4 heteroatoms. The Morgan fingerprint density at radius 3 is 2.68 bits per heavy atom. The Morgan fingerprint density at radius 1 is 1.26 bits per heavy atom. The van der Waals surface area contributed by atoms with E-state index >= 15 is 0 Å². The average Bonchev–Trinajstić information content (AvgIpc) is 2.37. The van der Waals surface area contributed by atoms with Crippen LogP contribution in [-0.2, 0) is 6.54 Å². The molecule has 1 amide bonds. The van der Waals surface area contributed by atoms with Gasteiger partial charge in [-0.1, -0.05) is 24.3 Å². The third-order valence-corrected chi connectivity index (χ3v) is 2.94. The van der Waals surface area contributed by atoms with Gasteiger partial charge >= 0.3 is 0 Å².